The van der Waals surface area contributed by atoms with Gasteiger partial charge in [-0.05, 0) is 36.8 Å². The molecule has 2 aromatic carbocycles. The topological polar surface area (TPSA) is 58.4 Å². The molecule has 0 amide bonds. The second-order valence-corrected chi connectivity index (χ2v) is 4.53. The fraction of sp³-hybridized carbons (Fsp3) is 0.0625. The average molecular weight is 263 g/mol. The molecule has 1 heterocycles. The summed E-state index contributed by atoms with van der Waals surface area (Å²) in [6, 6.07) is 13.0. The van der Waals surface area contributed by atoms with Crippen molar-refractivity contribution < 1.29 is 5.11 Å². The first kappa shape index (κ1) is 12.3. The number of nitrogens with zero attached hydrogens (tertiary/aromatic N) is 3. The Morgan fingerprint density at radius 3 is 2.70 bits per heavy atom. The van der Waals surface area contributed by atoms with Crippen LogP contribution in [0.5, 0.6) is 5.75 Å². The van der Waals surface area contributed by atoms with Crippen LogP contribution in [0.1, 0.15) is 11.3 Å². The van der Waals surface area contributed by atoms with Crippen molar-refractivity contribution in [1.29, 1.82) is 0 Å². The van der Waals surface area contributed by atoms with Gasteiger partial charge in [0.2, 0.25) is 0 Å². The van der Waals surface area contributed by atoms with Gasteiger partial charge < -0.3 is 5.11 Å². The van der Waals surface area contributed by atoms with Crippen molar-refractivity contribution in [2.45, 2.75) is 6.92 Å². The van der Waals surface area contributed by atoms with Crippen molar-refractivity contribution in [3.8, 4) is 5.75 Å². The van der Waals surface area contributed by atoms with Crippen molar-refractivity contribution >= 4 is 22.9 Å². The zero-order chi connectivity index (χ0) is 13.9. The first-order valence-electron chi connectivity index (χ1n) is 6.28. The summed E-state index contributed by atoms with van der Waals surface area (Å²) >= 11 is 0. The highest BCUT2D eigenvalue weighted by Crippen LogP contribution is 2.26. The van der Waals surface area contributed by atoms with Gasteiger partial charge in [0.15, 0.2) is 0 Å². The fourth-order valence-corrected chi connectivity index (χ4v) is 1.91. The summed E-state index contributed by atoms with van der Waals surface area (Å²) in [6.07, 6.45) is 3.26. The number of aryl methyl sites for hydroxylation is 1. The van der Waals surface area contributed by atoms with E-state index in [1.807, 2.05) is 37.3 Å². The van der Waals surface area contributed by atoms with Crippen LogP contribution in [-0.4, -0.2) is 21.3 Å². The van der Waals surface area contributed by atoms with Gasteiger partial charge in [-0.25, -0.2) is 4.98 Å². The van der Waals surface area contributed by atoms with Crippen LogP contribution in [0.3, 0.4) is 0 Å². The molecule has 0 fully saturated rings. The monoisotopic (exact) mass is 263 g/mol. The molecule has 0 aliphatic carbocycles. The quantitative estimate of drug-likeness (QED) is 0.721. The maximum atomic E-state index is 9.79. The summed E-state index contributed by atoms with van der Waals surface area (Å²) in [5, 5.41) is 9.79. The third-order valence-electron chi connectivity index (χ3n) is 2.93. The fourth-order valence-electron chi connectivity index (χ4n) is 1.91. The molecule has 0 aliphatic heterocycles. The lowest BCUT2D eigenvalue weighted by atomic mass is 10.2. The molecule has 4 heteroatoms. The minimum absolute atomic E-state index is 0.162. The predicted molar refractivity (Wildman–Crippen MR) is 79.6 cm³/mol. The van der Waals surface area contributed by atoms with Crippen LogP contribution in [0.15, 0.2) is 53.7 Å². The maximum absolute atomic E-state index is 9.79. The summed E-state index contributed by atoms with van der Waals surface area (Å²) < 4.78 is 0. The Balaban J connectivity index is 1.93. The summed E-state index contributed by atoms with van der Waals surface area (Å²) in [6.45, 7) is 1.92. The van der Waals surface area contributed by atoms with Crippen LogP contribution in [0.2, 0.25) is 0 Å². The van der Waals surface area contributed by atoms with Crippen molar-refractivity contribution in [2.24, 2.45) is 4.99 Å². The minimum Gasteiger partial charge on any atom is -0.506 e. The summed E-state index contributed by atoms with van der Waals surface area (Å²) in [5.41, 5.74) is 3.84. The van der Waals surface area contributed by atoms with Gasteiger partial charge in [-0.15, -0.1) is 0 Å². The molecule has 1 N–H and O–H groups in total. The van der Waals surface area contributed by atoms with Gasteiger partial charge in [-0.3, -0.25) is 9.98 Å². The van der Waals surface area contributed by atoms with Crippen LogP contribution in [0.4, 0.5) is 5.69 Å². The molecule has 0 saturated heterocycles. The number of hydrogen-bond donors (Lipinski definition) is 1. The van der Waals surface area contributed by atoms with Crippen LogP contribution in [-0.2, 0) is 0 Å². The van der Waals surface area contributed by atoms with Gasteiger partial charge in [0, 0.05) is 0 Å². The Morgan fingerprint density at radius 1 is 1.10 bits per heavy atom. The van der Waals surface area contributed by atoms with Gasteiger partial charge in [0.25, 0.3) is 0 Å². The Bertz CT molecular complexity index is 797. The molecule has 3 aromatic rings. The molecule has 0 atom stereocenters. The molecule has 0 spiro atoms. The van der Waals surface area contributed by atoms with E-state index < -0.39 is 0 Å². The number of rotatable bonds is 2. The Kier molecular flexibility index (Phi) is 3.13. The maximum Gasteiger partial charge on any atom is 0.141 e. The van der Waals surface area contributed by atoms with Gasteiger partial charge in [-0.2, -0.15) is 0 Å². The Labute approximate surface area is 116 Å². The van der Waals surface area contributed by atoms with Gasteiger partial charge in [-0.1, -0.05) is 18.2 Å². The average Bonchev–Trinajstić information content (AvgIpc) is 2.46. The number of phenolic OH excluding ortho intramolecular Hbond substituents is 1. The van der Waals surface area contributed by atoms with Gasteiger partial charge in [0.1, 0.15) is 17.1 Å². The SMILES string of the molecule is Cc1ccc(N=Cc2cnc3ccccc3n2)c(O)c1. The van der Waals surface area contributed by atoms with Crippen molar-refractivity contribution in [3.05, 3.63) is 59.9 Å². The van der Waals surface area contributed by atoms with Gasteiger partial charge >= 0.3 is 0 Å². The molecule has 4 nitrogen and oxygen atoms in total. The second-order valence-electron chi connectivity index (χ2n) is 4.53. The van der Waals surface area contributed by atoms with Crippen LogP contribution >= 0.6 is 0 Å². The van der Waals surface area contributed by atoms with E-state index >= 15 is 0 Å². The highest BCUT2D eigenvalue weighted by molar-refractivity contribution is 5.84. The number of aliphatic imine (C=N–C) groups is 1. The van der Waals surface area contributed by atoms with E-state index in [1.165, 1.54) is 0 Å². The van der Waals surface area contributed by atoms with E-state index in [0.29, 0.717) is 11.4 Å². The highest BCUT2D eigenvalue weighted by Gasteiger charge is 2.00. The number of hydrogen-bond acceptors (Lipinski definition) is 4. The van der Waals surface area contributed by atoms with E-state index in [1.54, 1.807) is 24.5 Å². The largest absolute Gasteiger partial charge is 0.506 e. The van der Waals surface area contributed by atoms with E-state index in [0.717, 1.165) is 16.6 Å². The predicted octanol–water partition coefficient (Wildman–Crippen LogP) is 3.39. The lowest BCUT2D eigenvalue weighted by Gasteiger charge is -2.00. The minimum atomic E-state index is 0.162. The zero-order valence-corrected chi connectivity index (χ0v) is 11.0. The molecule has 0 aliphatic rings. The number of benzene rings is 2. The van der Waals surface area contributed by atoms with E-state index in [-0.39, 0.29) is 5.75 Å². The lowest BCUT2D eigenvalue weighted by molar-refractivity contribution is 0.476. The molecular formula is C16H13N3O. The summed E-state index contributed by atoms with van der Waals surface area (Å²) in [4.78, 5) is 13.0. The highest BCUT2D eigenvalue weighted by atomic mass is 16.3. The zero-order valence-electron chi connectivity index (χ0n) is 11.0. The van der Waals surface area contributed by atoms with Crippen LogP contribution in [0.25, 0.3) is 11.0 Å². The normalized spacial score (nSPS) is 11.2. The Hall–Kier alpha value is -2.75. The number of fused-ring (bicyclic) bond motifs is 1. The molecule has 0 unspecified atom stereocenters. The number of phenols is 1. The number of para-hydroxylation sites is 2. The van der Waals surface area contributed by atoms with Crippen LogP contribution in [0, 0.1) is 6.92 Å². The van der Waals surface area contributed by atoms with Crippen molar-refractivity contribution in [2.75, 3.05) is 0 Å². The van der Waals surface area contributed by atoms with E-state index in [4.69, 9.17) is 0 Å². The van der Waals surface area contributed by atoms with E-state index in [2.05, 4.69) is 15.0 Å². The third-order valence-corrected chi connectivity index (χ3v) is 2.93. The van der Waals surface area contributed by atoms with E-state index in [9.17, 15) is 5.11 Å². The molecular weight excluding hydrogens is 250 g/mol. The summed E-state index contributed by atoms with van der Waals surface area (Å²) in [5.74, 6) is 0.162. The molecule has 3 rings (SSSR count). The number of aromatic hydroxyl groups is 1. The molecule has 0 saturated carbocycles. The molecule has 1 aromatic heterocycles. The number of aromatic nitrogens is 2. The molecule has 0 radical (unpaired) electrons. The van der Waals surface area contributed by atoms with Crippen LogP contribution < -0.4 is 0 Å². The molecule has 98 valence electrons. The van der Waals surface area contributed by atoms with Crippen molar-refractivity contribution in [1.82, 2.24) is 9.97 Å². The van der Waals surface area contributed by atoms with Crippen molar-refractivity contribution in [3.63, 3.8) is 0 Å². The second kappa shape index (κ2) is 5.09. The third kappa shape index (κ3) is 2.49. The first-order valence-corrected chi connectivity index (χ1v) is 6.28. The standard InChI is InChI=1S/C16H13N3O/c1-11-6-7-15(16(20)8-11)18-10-12-9-17-13-4-2-3-5-14(13)19-12/h2-10,20H,1H3. The lowest BCUT2D eigenvalue weighted by Crippen LogP contribution is -1.90. The molecule has 0 bridgehead atoms. The summed E-state index contributed by atoms with van der Waals surface area (Å²) in [7, 11) is 0. The van der Waals surface area contributed by atoms with Gasteiger partial charge in [0.05, 0.1) is 23.4 Å². The first-order chi connectivity index (χ1) is 9.72. The Morgan fingerprint density at radius 2 is 1.90 bits per heavy atom. The molecule has 20 heavy (non-hydrogen) atoms. The smallest absolute Gasteiger partial charge is 0.141 e.